The highest BCUT2D eigenvalue weighted by Gasteiger charge is 2.51. The lowest BCUT2D eigenvalue weighted by atomic mass is 9.72. The summed E-state index contributed by atoms with van der Waals surface area (Å²) in [5, 5.41) is 22.2. The molecule has 0 radical (unpaired) electrons. The molecule has 1 atom stereocenters. The number of benzene rings is 1. The molecule has 1 aliphatic rings. The van der Waals surface area contributed by atoms with E-state index in [-0.39, 0.29) is 23.6 Å². The quantitative estimate of drug-likeness (QED) is 0.423. The average Bonchev–Trinajstić information content (AvgIpc) is 2.74. The minimum absolute atomic E-state index is 0.241. The second kappa shape index (κ2) is 6.82. The van der Waals surface area contributed by atoms with Crippen LogP contribution in [0.15, 0.2) is 27.8 Å². The fourth-order valence-electron chi connectivity index (χ4n) is 3.52. The van der Waals surface area contributed by atoms with Crippen LogP contribution in [0, 0.1) is 5.41 Å². The highest BCUT2D eigenvalue weighted by molar-refractivity contribution is 9.10. The van der Waals surface area contributed by atoms with Crippen LogP contribution in [-0.4, -0.2) is 26.4 Å². The first kappa shape index (κ1) is 19.1. The zero-order chi connectivity index (χ0) is 18.4. The van der Waals surface area contributed by atoms with Crippen molar-refractivity contribution in [2.24, 2.45) is 5.41 Å². The summed E-state index contributed by atoms with van der Waals surface area (Å²) in [5.74, 6) is 0. The largest absolute Gasteiger partial charge is 0.391 e. The normalized spacial score (nSPS) is 21.4. The van der Waals surface area contributed by atoms with Gasteiger partial charge in [-0.15, -0.1) is 0 Å². The van der Waals surface area contributed by atoms with Crippen molar-refractivity contribution in [2.45, 2.75) is 44.1 Å². The van der Waals surface area contributed by atoms with Crippen LogP contribution >= 0.6 is 39.3 Å². The minimum atomic E-state index is -1.11. The van der Waals surface area contributed by atoms with Crippen LogP contribution in [0.3, 0.4) is 0 Å². The zero-order valence-corrected chi connectivity index (χ0v) is 17.5. The minimum Gasteiger partial charge on any atom is -0.391 e. The SMILES string of the molecule is CSc1nc(Cl)c(CO)c(CC2(O)c3cc(Br)ccc3CC2(C)C)n1. The summed E-state index contributed by atoms with van der Waals surface area (Å²) in [6.45, 7) is 3.85. The number of aromatic nitrogens is 2. The van der Waals surface area contributed by atoms with Gasteiger partial charge in [0.1, 0.15) is 10.8 Å². The Morgan fingerprint density at radius 2 is 2.04 bits per heavy atom. The van der Waals surface area contributed by atoms with Gasteiger partial charge in [0.15, 0.2) is 5.16 Å². The molecule has 2 N–H and O–H groups in total. The molecule has 0 amide bonds. The maximum Gasteiger partial charge on any atom is 0.188 e. The molecule has 1 aromatic carbocycles. The molecular weight excluding hydrogens is 424 g/mol. The number of rotatable bonds is 4. The van der Waals surface area contributed by atoms with Gasteiger partial charge in [0, 0.05) is 21.9 Å². The van der Waals surface area contributed by atoms with Crippen LogP contribution < -0.4 is 0 Å². The Hall–Kier alpha value is -0.660. The molecule has 0 saturated heterocycles. The van der Waals surface area contributed by atoms with Crippen molar-refractivity contribution < 1.29 is 10.2 Å². The monoisotopic (exact) mass is 442 g/mol. The summed E-state index contributed by atoms with van der Waals surface area (Å²) in [5.41, 5.74) is 1.62. The second-order valence-corrected chi connectivity index (χ2v) is 9.03. The molecule has 1 unspecified atom stereocenters. The van der Waals surface area contributed by atoms with E-state index < -0.39 is 5.60 Å². The summed E-state index contributed by atoms with van der Waals surface area (Å²) >= 11 is 11.1. The van der Waals surface area contributed by atoms with Crippen LogP contribution in [0.1, 0.15) is 36.2 Å². The van der Waals surface area contributed by atoms with Gasteiger partial charge in [-0.05, 0) is 35.9 Å². The van der Waals surface area contributed by atoms with E-state index in [4.69, 9.17) is 11.6 Å². The van der Waals surface area contributed by atoms with E-state index in [0.717, 1.165) is 22.0 Å². The third-order valence-electron chi connectivity index (χ3n) is 5.06. The van der Waals surface area contributed by atoms with Crippen LogP contribution in [0.25, 0.3) is 0 Å². The highest BCUT2D eigenvalue weighted by atomic mass is 79.9. The van der Waals surface area contributed by atoms with E-state index in [1.807, 2.05) is 24.5 Å². The number of aliphatic hydroxyl groups excluding tert-OH is 1. The molecular formula is C18H20BrClN2O2S. The van der Waals surface area contributed by atoms with E-state index in [2.05, 4.69) is 39.7 Å². The predicted molar refractivity (Wildman–Crippen MR) is 104 cm³/mol. The van der Waals surface area contributed by atoms with E-state index in [1.165, 1.54) is 11.8 Å². The van der Waals surface area contributed by atoms with Gasteiger partial charge in [0.2, 0.25) is 0 Å². The maximum absolute atomic E-state index is 11.7. The van der Waals surface area contributed by atoms with Crippen molar-refractivity contribution in [3.8, 4) is 0 Å². The van der Waals surface area contributed by atoms with E-state index in [9.17, 15) is 10.2 Å². The highest BCUT2D eigenvalue weighted by Crippen LogP contribution is 2.52. The van der Waals surface area contributed by atoms with Gasteiger partial charge in [0.25, 0.3) is 0 Å². The maximum atomic E-state index is 11.7. The number of fused-ring (bicyclic) bond motifs is 1. The Morgan fingerprint density at radius 3 is 2.68 bits per heavy atom. The first-order valence-electron chi connectivity index (χ1n) is 7.93. The number of thioether (sulfide) groups is 1. The van der Waals surface area contributed by atoms with Crippen molar-refractivity contribution in [1.29, 1.82) is 0 Å². The van der Waals surface area contributed by atoms with E-state index in [0.29, 0.717) is 16.4 Å². The van der Waals surface area contributed by atoms with E-state index in [1.54, 1.807) is 0 Å². The Bertz CT molecular complexity index is 831. The third-order valence-corrected chi connectivity index (χ3v) is 6.41. The molecule has 0 saturated carbocycles. The lowest BCUT2D eigenvalue weighted by Gasteiger charge is -2.38. The topological polar surface area (TPSA) is 66.2 Å². The summed E-state index contributed by atoms with van der Waals surface area (Å²) in [4.78, 5) is 8.71. The van der Waals surface area contributed by atoms with Gasteiger partial charge >= 0.3 is 0 Å². The van der Waals surface area contributed by atoms with Crippen LogP contribution in [-0.2, 0) is 25.0 Å². The summed E-state index contributed by atoms with van der Waals surface area (Å²) in [6.07, 6.45) is 2.92. The summed E-state index contributed by atoms with van der Waals surface area (Å²) < 4.78 is 0.926. The second-order valence-electron chi connectivity index (χ2n) is 6.98. The molecule has 0 spiro atoms. The molecule has 0 bridgehead atoms. The number of halogens is 2. The van der Waals surface area contributed by atoms with Crippen LogP contribution in [0.4, 0.5) is 0 Å². The number of hydrogen-bond acceptors (Lipinski definition) is 5. The Labute approximate surface area is 165 Å². The molecule has 0 fully saturated rings. The predicted octanol–water partition coefficient (Wildman–Crippen LogP) is 4.12. The van der Waals surface area contributed by atoms with Crippen LogP contribution in [0.5, 0.6) is 0 Å². The standard InChI is InChI=1S/C18H20BrClN2O2S/c1-17(2)7-10-4-5-11(19)6-13(10)18(17,24)8-14-12(9-23)15(20)22-16(21-14)25-3/h4-6,23-24H,7-9H2,1-3H3. The number of nitrogens with zero attached hydrogens (tertiary/aromatic N) is 2. The smallest absolute Gasteiger partial charge is 0.188 e. The van der Waals surface area contributed by atoms with Crippen molar-refractivity contribution in [2.75, 3.05) is 6.26 Å². The van der Waals surface area contributed by atoms with Crippen LogP contribution in [0.2, 0.25) is 5.15 Å². The van der Waals surface area contributed by atoms with Gasteiger partial charge in [0.05, 0.1) is 12.3 Å². The summed E-state index contributed by atoms with van der Waals surface area (Å²) in [7, 11) is 0. The molecule has 25 heavy (non-hydrogen) atoms. The Morgan fingerprint density at radius 1 is 1.32 bits per heavy atom. The fraction of sp³-hybridized carbons (Fsp3) is 0.444. The van der Waals surface area contributed by atoms with Crippen molar-refractivity contribution in [3.05, 3.63) is 50.2 Å². The average molecular weight is 444 g/mol. The lowest BCUT2D eigenvalue weighted by Crippen LogP contribution is -2.41. The van der Waals surface area contributed by atoms with E-state index >= 15 is 0 Å². The molecule has 3 rings (SSSR count). The number of hydrogen-bond donors (Lipinski definition) is 2. The molecule has 1 aromatic heterocycles. The molecule has 1 heterocycles. The first-order chi connectivity index (χ1) is 11.7. The molecule has 0 aliphatic heterocycles. The van der Waals surface area contributed by atoms with Crippen molar-refractivity contribution >= 4 is 39.3 Å². The fourth-order valence-corrected chi connectivity index (χ4v) is 4.57. The first-order valence-corrected chi connectivity index (χ1v) is 10.3. The van der Waals surface area contributed by atoms with Crippen molar-refractivity contribution in [3.63, 3.8) is 0 Å². The molecule has 2 aromatic rings. The van der Waals surface area contributed by atoms with Gasteiger partial charge in [-0.25, -0.2) is 9.97 Å². The zero-order valence-electron chi connectivity index (χ0n) is 14.3. The van der Waals surface area contributed by atoms with Gasteiger partial charge in [-0.1, -0.05) is 59.2 Å². The van der Waals surface area contributed by atoms with Gasteiger partial charge < -0.3 is 10.2 Å². The third kappa shape index (κ3) is 3.23. The Balaban J connectivity index is 2.14. The molecule has 4 nitrogen and oxygen atoms in total. The number of aliphatic hydroxyl groups is 2. The Kier molecular flexibility index (Phi) is 5.21. The van der Waals surface area contributed by atoms with Gasteiger partial charge in [-0.3, -0.25) is 0 Å². The summed E-state index contributed by atoms with van der Waals surface area (Å²) in [6, 6.07) is 6.01. The van der Waals surface area contributed by atoms with Crippen molar-refractivity contribution in [1.82, 2.24) is 9.97 Å². The molecule has 1 aliphatic carbocycles. The van der Waals surface area contributed by atoms with Gasteiger partial charge in [-0.2, -0.15) is 0 Å². The molecule has 134 valence electrons. The molecule has 7 heteroatoms. The lowest BCUT2D eigenvalue weighted by molar-refractivity contribution is -0.0600.